The molecular formula is C33H48O7. The average Bonchev–Trinajstić information content (AvgIpc) is 2.90. The summed E-state index contributed by atoms with van der Waals surface area (Å²) in [7, 11) is 1.37. The van der Waals surface area contributed by atoms with E-state index in [9.17, 15) is 9.59 Å². The monoisotopic (exact) mass is 556 g/mol. The molecule has 7 atom stereocenters. The van der Waals surface area contributed by atoms with Crippen molar-refractivity contribution in [2.75, 3.05) is 13.7 Å². The molecule has 0 aliphatic carbocycles. The minimum atomic E-state index is -0.434. The van der Waals surface area contributed by atoms with Crippen LogP contribution in [0.15, 0.2) is 59.8 Å². The van der Waals surface area contributed by atoms with Gasteiger partial charge in [0, 0.05) is 25.0 Å². The molecule has 0 saturated carbocycles. The van der Waals surface area contributed by atoms with Gasteiger partial charge >= 0.3 is 11.9 Å². The molecule has 0 aromatic rings. The van der Waals surface area contributed by atoms with E-state index >= 15 is 0 Å². The van der Waals surface area contributed by atoms with Crippen LogP contribution < -0.4 is 0 Å². The van der Waals surface area contributed by atoms with Crippen LogP contribution in [0.5, 0.6) is 0 Å². The molecule has 0 aromatic carbocycles. The molecule has 2 fully saturated rings. The maximum Gasteiger partial charge on any atom is 0.330 e. The Morgan fingerprint density at radius 1 is 1.00 bits per heavy atom. The third kappa shape index (κ3) is 11.2. The van der Waals surface area contributed by atoms with Gasteiger partial charge in [0.15, 0.2) is 0 Å². The number of methoxy groups -OCH3 is 1. The molecule has 0 radical (unpaired) electrons. The van der Waals surface area contributed by atoms with Gasteiger partial charge in [0.2, 0.25) is 0 Å². The third-order valence-electron chi connectivity index (χ3n) is 7.82. The smallest absolute Gasteiger partial charge is 0.330 e. The number of rotatable bonds is 6. The number of carbonyl (C=O) groups excluding carboxylic acids is 2. The van der Waals surface area contributed by atoms with Crippen molar-refractivity contribution in [1.82, 2.24) is 0 Å². The van der Waals surface area contributed by atoms with Crippen LogP contribution in [0.2, 0.25) is 0 Å². The van der Waals surface area contributed by atoms with Gasteiger partial charge in [0.25, 0.3) is 0 Å². The fraction of sp³-hybridized carbons (Fsp3) is 0.636. The van der Waals surface area contributed by atoms with Gasteiger partial charge in [0.05, 0.1) is 37.9 Å². The van der Waals surface area contributed by atoms with Gasteiger partial charge in [-0.2, -0.15) is 0 Å². The molecule has 40 heavy (non-hydrogen) atoms. The first-order chi connectivity index (χ1) is 19.2. The van der Waals surface area contributed by atoms with Crippen LogP contribution >= 0.6 is 0 Å². The zero-order chi connectivity index (χ0) is 28.9. The fourth-order valence-corrected chi connectivity index (χ4v) is 5.65. The molecule has 7 nitrogen and oxygen atoms in total. The highest BCUT2D eigenvalue weighted by Crippen LogP contribution is 2.33. The van der Waals surface area contributed by atoms with Crippen LogP contribution in [0.25, 0.3) is 0 Å². The van der Waals surface area contributed by atoms with E-state index in [1.54, 1.807) is 6.08 Å². The van der Waals surface area contributed by atoms with Crippen LogP contribution in [-0.2, 0) is 28.5 Å². The van der Waals surface area contributed by atoms with E-state index in [2.05, 4.69) is 26.0 Å². The number of aliphatic hydroxyl groups excluding tert-OH is 1. The molecular weight excluding hydrogens is 508 g/mol. The molecule has 3 rings (SSSR count). The number of fused-ring (bicyclic) bond motifs is 4. The first kappa shape index (κ1) is 32.0. The Morgan fingerprint density at radius 3 is 2.48 bits per heavy atom. The minimum absolute atomic E-state index is 0.0227. The summed E-state index contributed by atoms with van der Waals surface area (Å²) in [6, 6.07) is 0. The molecule has 0 spiro atoms. The lowest BCUT2D eigenvalue weighted by molar-refractivity contribution is -0.154. The molecule has 0 aromatic heterocycles. The second kappa shape index (κ2) is 16.7. The quantitative estimate of drug-likeness (QED) is 0.187. The summed E-state index contributed by atoms with van der Waals surface area (Å²) in [5, 5.41) is 9.06. The van der Waals surface area contributed by atoms with E-state index in [0.29, 0.717) is 25.2 Å². The SMILES string of the molecule is COC(=O)/C=C1\C[C@H]2CC(=O)O[C@@H](/C=C/C=C\C=C(/C)CCO)[C@@H](C)/C=C/[C@H](C)C[C@H]3CCC[C@@H](C[C@@H](C1)O2)O3. The average molecular weight is 557 g/mol. The predicted octanol–water partition coefficient (Wildman–Crippen LogP) is 5.94. The van der Waals surface area contributed by atoms with E-state index in [4.69, 9.17) is 24.1 Å². The Hall–Kier alpha value is -2.48. The highest BCUT2D eigenvalue weighted by Gasteiger charge is 2.33. The number of hydrogen-bond donors (Lipinski definition) is 1. The summed E-state index contributed by atoms with van der Waals surface area (Å²) < 4.78 is 23.8. The van der Waals surface area contributed by atoms with Crippen molar-refractivity contribution in [2.24, 2.45) is 11.8 Å². The lowest BCUT2D eigenvalue weighted by Crippen LogP contribution is -2.37. The highest BCUT2D eigenvalue weighted by atomic mass is 16.6. The normalized spacial score (nSPS) is 34.6. The molecule has 2 saturated heterocycles. The van der Waals surface area contributed by atoms with Gasteiger partial charge in [0.1, 0.15) is 6.10 Å². The number of hydrogen-bond acceptors (Lipinski definition) is 7. The number of carbonyl (C=O) groups is 2. The second-order valence-electron chi connectivity index (χ2n) is 11.5. The topological polar surface area (TPSA) is 91.3 Å². The zero-order valence-electron chi connectivity index (χ0n) is 24.6. The second-order valence-corrected chi connectivity index (χ2v) is 11.5. The Morgan fingerprint density at radius 2 is 1.73 bits per heavy atom. The van der Waals surface area contributed by atoms with Crippen LogP contribution in [0.1, 0.15) is 78.6 Å². The summed E-state index contributed by atoms with van der Waals surface area (Å²) in [6.45, 7) is 6.37. The number of esters is 2. The van der Waals surface area contributed by atoms with Crippen molar-refractivity contribution < 1.29 is 33.6 Å². The summed E-state index contributed by atoms with van der Waals surface area (Å²) >= 11 is 0. The number of aliphatic hydroxyl groups is 1. The van der Waals surface area contributed by atoms with E-state index in [-0.39, 0.29) is 55.3 Å². The van der Waals surface area contributed by atoms with Crippen molar-refractivity contribution >= 4 is 11.9 Å². The molecule has 0 unspecified atom stereocenters. The number of ether oxygens (including phenoxy) is 4. The van der Waals surface area contributed by atoms with Crippen molar-refractivity contribution in [1.29, 1.82) is 0 Å². The van der Waals surface area contributed by atoms with Crippen LogP contribution in [0.4, 0.5) is 0 Å². The maximum absolute atomic E-state index is 13.2. The van der Waals surface area contributed by atoms with Crippen LogP contribution in [-0.4, -0.2) is 61.3 Å². The number of allylic oxidation sites excluding steroid dienone is 5. The highest BCUT2D eigenvalue weighted by molar-refractivity contribution is 5.82. The van der Waals surface area contributed by atoms with E-state index in [1.165, 1.54) is 7.11 Å². The number of cyclic esters (lactones) is 1. The van der Waals surface area contributed by atoms with E-state index < -0.39 is 6.10 Å². The molecule has 3 aliphatic rings. The van der Waals surface area contributed by atoms with Gasteiger partial charge in [-0.25, -0.2) is 4.79 Å². The standard InChI is InChI=1S/C33H48O7/c1-23(15-16-34)9-6-5-7-12-31-25(3)14-13-24(2)17-27-10-8-11-28(38-27)21-29-18-26(20-32(35)37-4)19-30(39-29)22-33(36)40-31/h5-7,9,12-14,20,24-25,27-31,34H,8,10-11,15-19,21-22H2,1-4H3/b6-5-,12-7+,14-13+,23-9+,26-20-/t24-,25-,27+,28-,29+,30-,31-/m0/s1. The first-order valence-electron chi connectivity index (χ1n) is 14.8. The Labute approximate surface area is 240 Å². The summed E-state index contributed by atoms with van der Waals surface area (Å²) in [4.78, 5) is 25.2. The van der Waals surface area contributed by atoms with Crippen LogP contribution in [0.3, 0.4) is 0 Å². The summed E-state index contributed by atoms with van der Waals surface area (Å²) in [6.07, 6.45) is 21.6. The minimum Gasteiger partial charge on any atom is -0.466 e. The van der Waals surface area contributed by atoms with Gasteiger partial charge < -0.3 is 24.1 Å². The predicted molar refractivity (Wildman–Crippen MR) is 155 cm³/mol. The first-order valence-corrected chi connectivity index (χ1v) is 14.8. The summed E-state index contributed by atoms with van der Waals surface area (Å²) in [5.74, 6) is -0.397. The van der Waals surface area contributed by atoms with Gasteiger partial charge in [-0.3, -0.25) is 4.79 Å². The molecule has 4 bridgehead atoms. The molecule has 3 aliphatic heterocycles. The largest absolute Gasteiger partial charge is 0.466 e. The lowest BCUT2D eigenvalue weighted by atomic mass is 9.89. The maximum atomic E-state index is 13.2. The van der Waals surface area contributed by atoms with Crippen molar-refractivity contribution in [3.05, 3.63) is 59.8 Å². The zero-order valence-corrected chi connectivity index (χ0v) is 24.6. The van der Waals surface area contributed by atoms with Crippen LogP contribution in [0, 0.1) is 11.8 Å². The van der Waals surface area contributed by atoms with Gasteiger partial charge in [-0.15, -0.1) is 0 Å². The van der Waals surface area contributed by atoms with E-state index in [1.807, 2.05) is 37.3 Å². The Kier molecular flexibility index (Phi) is 13.4. The third-order valence-corrected chi connectivity index (χ3v) is 7.82. The Bertz CT molecular complexity index is 975. The summed E-state index contributed by atoms with van der Waals surface area (Å²) in [5.41, 5.74) is 2.03. The van der Waals surface area contributed by atoms with Gasteiger partial charge in [-0.05, 0) is 63.9 Å². The van der Waals surface area contributed by atoms with Crippen molar-refractivity contribution in [3.8, 4) is 0 Å². The molecule has 7 heteroatoms. The van der Waals surface area contributed by atoms with E-state index in [0.717, 1.165) is 43.3 Å². The molecule has 222 valence electrons. The Balaban J connectivity index is 1.81. The fourth-order valence-electron chi connectivity index (χ4n) is 5.65. The van der Waals surface area contributed by atoms with Crippen molar-refractivity contribution in [3.63, 3.8) is 0 Å². The molecule has 3 heterocycles. The molecule has 0 amide bonds. The lowest BCUT2D eigenvalue weighted by Gasteiger charge is -2.37. The molecule has 1 N–H and O–H groups in total. The van der Waals surface area contributed by atoms with Gasteiger partial charge in [-0.1, -0.05) is 61.4 Å². The van der Waals surface area contributed by atoms with Crippen molar-refractivity contribution in [2.45, 2.75) is 109 Å².